The van der Waals surface area contributed by atoms with Crippen molar-refractivity contribution in [2.24, 2.45) is 0 Å². The van der Waals surface area contributed by atoms with Gasteiger partial charge < -0.3 is 10.1 Å². The van der Waals surface area contributed by atoms with E-state index in [1.165, 1.54) is 11.1 Å². The van der Waals surface area contributed by atoms with Crippen LogP contribution in [0.25, 0.3) is 0 Å². The fraction of sp³-hybridized carbons (Fsp3) is 0.278. The van der Waals surface area contributed by atoms with Crippen LogP contribution in [0.4, 0.5) is 5.69 Å². The fourth-order valence-corrected chi connectivity index (χ4v) is 2.52. The molecule has 0 unspecified atom stereocenters. The van der Waals surface area contributed by atoms with Crippen LogP contribution in [0.5, 0.6) is 5.75 Å². The van der Waals surface area contributed by atoms with Gasteiger partial charge >= 0.3 is 0 Å². The summed E-state index contributed by atoms with van der Waals surface area (Å²) in [6.45, 7) is 4.70. The molecule has 2 rings (SSSR count). The van der Waals surface area contributed by atoms with Gasteiger partial charge in [0.05, 0.1) is 12.4 Å². The molecule has 0 radical (unpaired) electrons. The van der Waals surface area contributed by atoms with Crippen LogP contribution in [0.1, 0.15) is 11.1 Å². The highest BCUT2D eigenvalue weighted by molar-refractivity contribution is 7.99. The molecule has 116 valence electrons. The summed E-state index contributed by atoms with van der Waals surface area (Å²) >= 11 is 1.57. The summed E-state index contributed by atoms with van der Waals surface area (Å²) in [5.41, 5.74) is 3.27. The van der Waals surface area contributed by atoms with Crippen LogP contribution in [0, 0.1) is 13.8 Å². The van der Waals surface area contributed by atoms with Gasteiger partial charge in [0.25, 0.3) is 0 Å². The number of thioether (sulfide) groups is 1. The van der Waals surface area contributed by atoms with Crippen molar-refractivity contribution in [2.75, 3.05) is 23.4 Å². The zero-order chi connectivity index (χ0) is 15.8. The number of hydrogen-bond donors (Lipinski definition) is 1. The van der Waals surface area contributed by atoms with Crippen molar-refractivity contribution in [1.82, 2.24) is 0 Å². The summed E-state index contributed by atoms with van der Waals surface area (Å²) in [4.78, 5) is 11.9. The van der Waals surface area contributed by atoms with Crippen LogP contribution >= 0.6 is 11.8 Å². The van der Waals surface area contributed by atoms with Gasteiger partial charge in [-0.05, 0) is 49.2 Å². The summed E-state index contributed by atoms with van der Waals surface area (Å²) < 4.78 is 5.58. The fourth-order valence-electron chi connectivity index (χ4n) is 1.92. The standard InChI is InChI=1S/C18H21NO2S/c1-14-8-9-16(12-15(14)2)19-18(20)13-22-11-10-21-17-6-4-3-5-7-17/h3-9,12H,10-11,13H2,1-2H3,(H,19,20). The molecule has 22 heavy (non-hydrogen) atoms. The van der Waals surface area contributed by atoms with Crippen molar-refractivity contribution in [1.29, 1.82) is 0 Å². The van der Waals surface area contributed by atoms with Crippen molar-refractivity contribution in [3.63, 3.8) is 0 Å². The van der Waals surface area contributed by atoms with E-state index in [0.717, 1.165) is 17.2 Å². The number of amides is 1. The van der Waals surface area contributed by atoms with Crippen LogP contribution in [-0.2, 0) is 4.79 Å². The Morgan fingerprint density at radius 1 is 1.09 bits per heavy atom. The smallest absolute Gasteiger partial charge is 0.234 e. The van der Waals surface area contributed by atoms with E-state index in [4.69, 9.17) is 4.74 Å². The van der Waals surface area contributed by atoms with Gasteiger partial charge in [-0.2, -0.15) is 0 Å². The van der Waals surface area contributed by atoms with Crippen molar-refractivity contribution in [3.05, 3.63) is 59.7 Å². The highest BCUT2D eigenvalue weighted by Gasteiger charge is 2.03. The van der Waals surface area contributed by atoms with Gasteiger partial charge in [0.15, 0.2) is 0 Å². The number of carbonyl (C=O) groups is 1. The average molecular weight is 315 g/mol. The molecule has 0 aliphatic carbocycles. The largest absolute Gasteiger partial charge is 0.493 e. The Bertz CT molecular complexity index is 614. The molecule has 0 spiro atoms. The molecular formula is C18H21NO2S. The minimum Gasteiger partial charge on any atom is -0.493 e. The molecule has 0 fully saturated rings. The number of rotatable bonds is 7. The normalized spacial score (nSPS) is 10.3. The van der Waals surface area contributed by atoms with E-state index >= 15 is 0 Å². The number of nitrogens with one attached hydrogen (secondary N) is 1. The number of ether oxygens (including phenoxy) is 1. The summed E-state index contributed by atoms with van der Waals surface area (Å²) in [6.07, 6.45) is 0. The van der Waals surface area contributed by atoms with E-state index < -0.39 is 0 Å². The molecular weight excluding hydrogens is 294 g/mol. The molecule has 1 amide bonds. The van der Waals surface area contributed by atoms with E-state index in [9.17, 15) is 4.79 Å². The van der Waals surface area contributed by atoms with Gasteiger partial charge in [-0.3, -0.25) is 4.79 Å². The summed E-state index contributed by atoms with van der Waals surface area (Å²) in [6, 6.07) is 15.7. The second-order valence-electron chi connectivity index (χ2n) is 5.06. The van der Waals surface area contributed by atoms with Gasteiger partial charge in [0.2, 0.25) is 5.91 Å². The van der Waals surface area contributed by atoms with E-state index in [1.54, 1.807) is 11.8 Å². The minimum atomic E-state index is 0.0213. The van der Waals surface area contributed by atoms with Crippen LogP contribution < -0.4 is 10.1 Å². The first-order chi connectivity index (χ1) is 10.6. The second-order valence-corrected chi connectivity index (χ2v) is 6.17. The highest BCUT2D eigenvalue weighted by Crippen LogP contribution is 2.15. The maximum Gasteiger partial charge on any atom is 0.234 e. The SMILES string of the molecule is Cc1ccc(NC(=O)CSCCOc2ccccc2)cc1C. The van der Waals surface area contributed by atoms with Gasteiger partial charge in [-0.15, -0.1) is 11.8 Å². The Balaban J connectivity index is 1.64. The van der Waals surface area contributed by atoms with Crippen LogP contribution in [0.3, 0.4) is 0 Å². The maximum atomic E-state index is 11.9. The number of carbonyl (C=O) groups excluding carboxylic acids is 1. The number of para-hydroxylation sites is 1. The lowest BCUT2D eigenvalue weighted by Gasteiger charge is -2.08. The van der Waals surface area contributed by atoms with Crippen LogP contribution in [0.15, 0.2) is 48.5 Å². The highest BCUT2D eigenvalue weighted by atomic mass is 32.2. The predicted octanol–water partition coefficient (Wildman–Crippen LogP) is 4.05. The molecule has 0 aliphatic heterocycles. The first-order valence-electron chi connectivity index (χ1n) is 7.28. The van der Waals surface area contributed by atoms with Crippen LogP contribution in [-0.4, -0.2) is 24.0 Å². The predicted molar refractivity (Wildman–Crippen MR) is 93.8 cm³/mol. The van der Waals surface area contributed by atoms with E-state index in [2.05, 4.69) is 12.2 Å². The lowest BCUT2D eigenvalue weighted by atomic mass is 10.1. The van der Waals surface area contributed by atoms with Crippen LogP contribution in [0.2, 0.25) is 0 Å². The summed E-state index contributed by atoms with van der Waals surface area (Å²) in [5, 5.41) is 2.92. The van der Waals surface area contributed by atoms with Crippen molar-refractivity contribution in [3.8, 4) is 5.75 Å². The van der Waals surface area contributed by atoms with Gasteiger partial charge in [-0.1, -0.05) is 24.3 Å². The first kappa shape index (κ1) is 16.4. The molecule has 3 nitrogen and oxygen atoms in total. The lowest BCUT2D eigenvalue weighted by molar-refractivity contribution is -0.113. The third-order valence-corrected chi connectivity index (χ3v) is 4.19. The Morgan fingerprint density at radius 2 is 1.86 bits per heavy atom. The van der Waals surface area contributed by atoms with Gasteiger partial charge in [0, 0.05) is 11.4 Å². The Kier molecular flexibility index (Phi) is 6.34. The number of anilines is 1. The Hall–Kier alpha value is -1.94. The van der Waals surface area contributed by atoms with E-state index in [0.29, 0.717) is 12.4 Å². The molecule has 0 saturated heterocycles. The zero-order valence-corrected chi connectivity index (χ0v) is 13.8. The molecule has 2 aromatic rings. The average Bonchev–Trinajstić information content (AvgIpc) is 2.52. The summed E-state index contributed by atoms with van der Waals surface area (Å²) in [7, 11) is 0. The molecule has 0 atom stereocenters. The molecule has 0 heterocycles. The number of hydrogen-bond acceptors (Lipinski definition) is 3. The third-order valence-electron chi connectivity index (χ3n) is 3.26. The molecule has 0 saturated carbocycles. The minimum absolute atomic E-state index is 0.0213. The third kappa shape index (κ3) is 5.45. The molecule has 0 aromatic heterocycles. The van der Waals surface area contributed by atoms with Crippen molar-refractivity contribution >= 4 is 23.4 Å². The number of benzene rings is 2. The lowest BCUT2D eigenvalue weighted by Crippen LogP contribution is -2.15. The van der Waals surface area contributed by atoms with Gasteiger partial charge in [-0.25, -0.2) is 0 Å². The van der Waals surface area contributed by atoms with E-state index in [-0.39, 0.29) is 5.91 Å². The molecule has 1 N–H and O–H groups in total. The molecule has 0 bridgehead atoms. The van der Waals surface area contributed by atoms with Gasteiger partial charge in [0.1, 0.15) is 5.75 Å². The Labute approximate surface area is 136 Å². The summed E-state index contributed by atoms with van der Waals surface area (Å²) in [5.74, 6) is 2.11. The topological polar surface area (TPSA) is 38.3 Å². The molecule has 2 aromatic carbocycles. The monoisotopic (exact) mass is 315 g/mol. The van der Waals surface area contributed by atoms with E-state index in [1.807, 2.05) is 55.5 Å². The first-order valence-corrected chi connectivity index (χ1v) is 8.43. The second kappa shape index (κ2) is 8.49. The number of aryl methyl sites for hydroxylation is 2. The Morgan fingerprint density at radius 3 is 2.59 bits per heavy atom. The molecule has 4 heteroatoms. The molecule has 0 aliphatic rings. The zero-order valence-electron chi connectivity index (χ0n) is 13.0. The quantitative estimate of drug-likeness (QED) is 0.783. The maximum absolute atomic E-state index is 11.9. The van der Waals surface area contributed by atoms with Crippen molar-refractivity contribution in [2.45, 2.75) is 13.8 Å². The van der Waals surface area contributed by atoms with Crippen molar-refractivity contribution < 1.29 is 9.53 Å².